The zero-order chi connectivity index (χ0) is 21.3. The molecule has 2 aliphatic carbocycles. The maximum Gasteiger partial charge on any atom is 0.207 e. The molecule has 0 saturated heterocycles. The molecule has 31 heavy (non-hydrogen) atoms. The molecule has 3 aromatic rings. The number of fused-ring (bicyclic) bond motifs is 1. The topological polar surface area (TPSA) is 86.9 Å². The van der Waals surface area contributed by atoms with Gasteiger partial charge in [0.15, 0.2) is 5.78 Å². The van der Waals surface area contributed by atoms with Crippen molar-refractivity contribution >= 4 is 23.6 Å². The average Bonchev–Trinajstić information content (AvgIpc) is 3.12. The van der Waals surface area contributed by atoms with Crippen LogP contribution in [0, 0.1) is 5.92 Å². The van der Waals surface area contributed by atoms with E-state index in [1.54, 1.807) is 12.4 Å². The van der Waals surface area contributed by atoms with Crippen LogP contribution in [0.25, 0.3) is 11.3 Å². The molecule has 2 aromatic heterocycles. The molecule has 0 aliphatic heterocycles. The zero-order valence-corrected chi connectivity index (χ0v) is 17.4. The van der Waals surface area contributed by atoms with Gasteiger partial charge in [0.05, 0.1) is 16.9 Å². The van der Waals surface area contributed by atoms with Gasteiger partial charge in [0.25, 0.3) is 0 Å². The van der Waals surface area contributed by atoms with Gasteiger partial charge in [-0.3, -0.25) is 14.6 Å². The molecule has 6 nitrogen and oxygen atoms in total. The van der Waals surface area contributed by atoms with Gasteiger partial charge < -0.3 is 15.6 Å². The van der Waals surface area contributed by atoms with Crippen LogP contribution >= 0.6 is 0 Å². The van der Waals surface area contributed by atoms with Crippen LogP contribution in [0.2, 0.25) is 0 Å². The highest BCUT2D eigenvalue weighted by Gasteiger charge is 2.41. The molecular formula is C25H26N4O2. The third-order valence-electron chi connectivity index (χ3n) is 6.69. The van der Waals surface area contributed by atoms with Crippen molar-refractivity contribution in [2.24, 2.45) is 5.92 Å². The number of aromatic amines is 1. The van der Waals surface area contributed by atoms with Crippen molar-refractivity contribution < 1.29 is 9.59 Å². The monoisotopic (exact) mass is 414 g/mol. The van der Waals surface area contributed by atoms with E-state index in [1.165, 1.54) is 0 Å². The molecule has 6 heteroatoms. The van der Waals surface area contributed by atoms with E-state index < -0.39 is 0 Å². The first-order valence-electron chi connectivity index (χ1n) is 10.9. The Kier molecular flexibility index (Phi) is 5.06. The van der Waals surface area contributed by atoms with Crippen LogP contribution < -0.4 is 10.6 Å². The molecule has 158 valence electrons. The maximum absolute atomic E-state index is 13.3. The van der Waals surface area contributed by atoms with Gasteiger partial charge in [-0.15, -0.1) is 0 Å². The number of rotatable bonds is 7. The van der Waals surface area contributed by atoms with Crippen LogP contribution in [0.3, 0.4) is 0 Å². The van der Waals surface area contributed by atoms with Gasteiger partial charge in [0, 0.05) is 41.3 Å². The Labute approximate surface area is 181 Å². The Hall–Kier alpha value is -3.41. The molecule has 5 rings (SSSR count). The lowest BCUT2D eigenvalue weighted by atomic mass is 9.68. The first kappa shape index (κ1) is 19.5. The second kappa shape index (κ2) is 8.02. The van der Waals surface area contributed by atoms with Gasteiger partial charge in [-0.05, 0) is 62.3 Å². The number of anilines is 2. The number of nitrogens with one attached hydrogen (secondary N) is 3. The number of nitrogens with zero attached hydrogens (tertiary/aromatic N) is 1. The molecule has 2 aliphatic rings. The third kappa shape index (κ3) is 3.74. The van der Waals surface area contributed by atoms with E-state index in [0.29, 0.717) is 6.42 Å². The standard InChI is InChI=1S/C25H26N4O2/c30-16-27-25(9-4-10-25)15-17-13-20-22(21(31)14-17)24(28-19-5-2-1-3-6-19)23(29-20)18-7-11-26-12-8-18/h1-3,5-8,11-12,16-17,28-29H,4,9-10,13-15H2,(H,27,30). The molecule has 1 amide bonds. The summed E-state index contributed by atoms with van der Waals surface area (Å²) in [5.74, 6) is 0.378. The molecule has 2 heterocycles. The number of benzene rings is 1. The number of carbonyl (C=O) groups excluding carboxylic acids is 2. The van der Waals surface area contributed by atoms with E-state index in [4.69, 9.17) is 0 Å². The number of H-pyrrole nitrogens is 1. The maximum atomic E-state index is 13.3. The lowest BCUT2D eigenvalue weighted by Crippen LogP contribution is -2.52. The number of hydrogen-bond donors (Lipinski definition) is 3. The minimum absolute atomic E-state index is 0.129. The van der Waals surface area contributed by atoms with Gasteiger partial charge >= 0.3 is 0 Å². The third-order valence-corrected chi connectivity index (χ3v) is 6.69. The van der Waals surface area contributed by atoms with Crippen molar-refractivity contribution in [3.8, 4) is 11.3 Å². The summed E-state index contributed by atoms with van der Waals surface area (Å²) in [6, 6.07) is 13.8. The fourth-order valence-electron chi connectivity index (χ4n) is 5.10. The van der Waals surface area contributed by atoms with E-state index in [2.05, 4.69) is 20.6 Å². The van der Waals surface area contributed by atoms with E-state index >= 15 is 0 Å². The molecule has 3 N–H and O–H groups in total. The number of pyridine rings is 1. The summed E-state index contributed by atoms with van der Waals surface area (Å²) >= 11 is 0. The summed E-state index contributed by atoms with van der Waals surface area (Å²) in [4.78, 5) is 32.1. The Morgan fingerprint density at radius 3 is 2.55 bits per heavy atom. The molecule has 0 bridgehead atoms. The van der Waals surface area contributed by atoms with Crippen molar-refractivity contribution in [2.45, 2.75) is 44.1 Å². The lowest BCUT2D eigenvalue weighted by Gasteiger charge is -2.44. The number of amides is 1. The first-order valence-corrected chi connectivity index (χ1v) is 10.9. The molecule has 1 fully saturated rings. The summed E-state index contributed by atoms with van der Waals surface area (Å²) in [7, 11) is 0. The van der Waals surface area contributed by atoms with E-state index in [9.17, 15) is 9.59 Å². The van der Waals surface area contributed by atoms with Gasteiger partial charge in [-0.25, -0.2) is 0 Å². The van der Waals surface area contributed by atoms with Gasteiger partial charge in [0.2, 0.25) is 6.41 Å². The average molecular weight is 415 g/mol. The Bertz CT molecular complexity index is 1090. The van der Waals surface area contributed by atoms with E-state index in [1.807, 2.05) is 42.5 Å². The van der Waals surface area contributed by atoms with Gasteiger partial charge in [-0.2, -0.15) is 0 Å². The lowest BCUT2D eigenvalue weighted by molar-refractivity contribution is -0.112. The van der Waals surface area contributed by atoms with Crippen LogP contribution in [0.15, 0.2) is 54.9 Å². The number of aromatic nitrogens is 2. The Morgan fingerprint density at radius 2 is 1.87 bits per heavy atom. The number of ketones is 1. The van der Waals surface area contributed by atoms with Crippen molar-refractivity contribution in [1.82, 2.24) is 15.3 Å². The number of Topliss-reactive ketones (excluding diaryl/α,β-unsaturated/α-hetero) is 1. The molecule has 1 atom stereocenters. The van der Waals surface area contributed by atoms with Crippen molar-refractivity contribution in [3.63, 3.8) is 0 Å². The van der Waals surface area contributed by atoms with Crippen LogP contribution in [-0.2, 0) is 11.2 Å². The Morgan fingerprint density at radius 1 is 1.10 bits per heavy atom. The highest BCUT2D eigenvalue weighted by Crippen LogP contribution is 2.44. The first-order chi connectivity index (χ1) is 15.2. The predicted molar refractivity (Wildman–Crippen MR) is 120 cm³/mol. The van der Waals surface area contributed by atoms with Gasteiger partial charge in [0.1, 0.15) is 0 Å². The van der Waals surface area contributed by atoms with Gasteiger partial charge in [-0.1, -0.05) is 18.2 Å². The second-order valence-electron chi connectivity index (χ2n) is 8.75. The van der Waals surface area contributed by atoms with Crippen LogP contribution in [0.4, 0.5) is 11.4 Å². The minimum Gasteiger partial charge on any atom is -0.356 e. The fourth-order valence-corrected chi connectivity index (χ4v) is 5.10. The quantitative estimate of drug-likeness (QED) is 0.492. The summed E-state index contributed by atoms with van der Waals surface area (Å²) in [6.45, 7) is 0. The van der Waals surface area contributed by atoms with E-state index in [0.717, 1.165) is 72.4 Å². The van der Waals surface area contributed by atoms with Crippen molar-refractivity contribution in [1.29, 1.82) is 0 Å². The Balaban J connectivity index is 1.50. The summed E-state index contributed by atoms with van der Waals surface area (Å²) in [6.07, 6.45) is 9.62. The zero-order valence-electron chi connectivity index (χ0n) is 17.4. The smallest absolute Gasteiger partial charge is 0.207 e. The van der Waals surface area contributed by atoms with Crippen molar-refractivity contribution in [2.75, 3.05) is 5.32 Å². The highest BCUT2D eigenvalue weighted by molar-refractivity contribution is 6.07. The predicted octanol–water partition coefficient (Wildman–Crippen LogP) is 4.62. The molecule has 1 aromatic carbocycles. The SMILES string of the molecule is O=CNC1(CC2CC(=O)c3c([nH]c(-c4ccncc4)c3Nc3ccccc3)C2)CCC1. The molecule has 1 saturated carbocycles. The largest absolute Gasteiger partial charge is 0.356 e. The minimum atomic E-state index is -0.129. The number of carbonyl (C=O) groups is 2. The van der Waals surface area contributed by atoms with Crippen LogP contribution in [0.1, 0.15) is 48.2 Å². The van der Waals surface area contributed by atoms with Crippen LogP contribution in [-0.4, -0.2) is 27.7 Å². The molecule has 1 unspecified atom stereocenters. The summed E-state index contributed by atoms with van der Waals surface area (Å²) < 4.78 is 0. The number of para-hydroxylation sites is 1. The summed E-state index contributed by atoms with van der Waals surface area (Å²) in [5.41, 5.74) is 5.29. The summed E-state index contributed by atoms with van der Waals surface area (Å²) in [5, 5.41) is 6.52. The van der Waals surface area contributed by atoms with Crippen molar-refractivity contribution in [3.05, 3.63) is 66.1 Å². The highest BCUT2D eigenvalue weighted by atomic mass is 16.1. The second-order valence-corrected chi connectivity index (χ2v) is 8.75. The molecule has 0 spiro atoms. The molecular weight excluding hydrogens is 388 g/mol. The normalized spacial score (nSPS) is 19.2. The van der Waals surface area contributed by atoms with Crippen LogP contribution in [0.5, 0.6) is 0 Å². The van der Waals surface area contributed by atoms with E-state index in [-0.39, 0.29) is 17.2 Å². The fraction of sp³-hybridized carbons (Fsp3) is 0.320. The number of hydrogen-bond acceptors (Lipinski definition) is 4. The molecule has 0 radical (unpaired) electrons.